The van der Waals surface area contributed by atoms with Gasteiger partial charge in [-0.25, -0.2) is 0 Å². The van der Waals surface area contributed by atoms with E-state index in [4.69, 9.17) is 21.1 Å². The van der Waals surface area contributed by atoms with Crippen molar-refractivity contribution >= 4 is 23.2 Å². The number of nitrogens with zero attached hydrogens (tertiary/aromatic N) is 1. The molecule has 30 heavy (non-hydrogen) atoms. The van der Waals surface area contributed by atoms with Crippen molar-refractivity contribution in [2.45, 2.75) is 31.5 Å². The van der Waals surface area contributed by atoms with E-state index in [0.29, 0.717) is 11.5 Å². The molecule has 1 saturated heterocycles. The Bertz CT molecular complexity index is 952. The fourth-order valence-electron chi connectivity index (χ4n) is 3.88. The maximum absolute atomic E-state index is 13.0. The van der Waals surface area contributed by atoms with Crippen LogP contribution in [-0.2, 0) is 11.0 Å². The van der Waals surface area contributed by atoms with Crippen molar-refractivity contribution in [3.8, 4) is 11.5 Å². The third-order valence-electron chi connectivity index (χ3n) is 5.30. The van der Waals surface area contributed by atoms with Crippen LogP contribution in [0.25, 0.3) is 0 Å². The Hall–Kier alpha value is -2.45. The number of rotatable bonds is 4. The summed E-state index contributed by atoms with van der Waals surface area (Å²) in [4.78, 5) is 14.6. The molecule has 9 heteroatoms. The fourth-order valence-corrected chi connectivity index (χ4v) is 4.11. The Morgan fingerprint density at radius 1 is 1.13 bits per heavy atom. The van der Waals surface area contributed by atoms with E-state index < -0.39 is 16.8 Å². The number of nitrogens with one attached hydrogen (secondary N) is 1. The van der Waals surface area contributed by atoms with E-state index in [2.05, 4.69) is 5.32 Å². The highest BCUT2D eigenvalue weighted by molar-refractivity contribution is 6.31. The third kappa shape index (κ3) is 4.49. The van der Waals surface area contributed by atoms with Crippen LogP contribution in [-0.4, -0.2) is 30.7 Å². The molecule has 1 unspecified atom stereocenters. The smallest absolute Gasteiger partial charge is 0.417 e. The number of fused-ring (bicyclic) bond motifs is 1. The van der Waals surface area contributed by atoms with Crippen LogP contribution in [0.15, 0.2) is 36.4 Å². The first-order valence-corrected chi connectivity index (χ1v) is 9.99. The van der Waals surface area contributed by atoms with Crippen molar-refractivity contribution < 1.29 is 27.4 Å². The second-order valence-corrected chi connectivity index (χ2v) is 7.74. The number of amides is 1. The zero-order valence-electron chi connectivity index (χ0n) is 16.0. The minimum Gasteiger partial charge on any atom is -0.454 e. The van der Waals surface area contributed by atoms with Crippen LogP contribution in [0, 0.1) is 0 Å². The number of halogens is 4. The molecule has 2 aliphatic rings. The quantitative estimate of drug-likeness (QED) is 0.705. The van der Waals surface area contributed by atoms with Gasteiger partial charge in [0.25, 0.3) is 0 Å². The summed E-state index contributed by atoms with van der Waals surface area (Å²) < 4.78 is 49.9. The molecule has 0 bridgehead atoms. The zero-order valence-corrected chi connectivity index (χ0v) is 16.7. The molecule has 5 nitrogen and oxygen atoms in total. The number of anilines is 1. The maximum atomic E-state index is 13.0. The molecule has 160 valence electrons. The minimum absolute atomic E-state index is 0.0231. The van der Waals surface area contributed by atoms with Gasteiger partial charge in [-0.05, 0) is 55.3 Å². The molecule has 1 N–H and O–H groups in total. The molecular formula is C21H20ClF3N2O3. The molecule has 0 saturated carbocycles. The molecule has 0 radical (unpaired) electrons. The van der Waals surface area contributed by atoms with E-state index in [9.17, 15) is 18.0 Å². The van der Waals surface area contributed by atoms with E-state index in [1.165, 1.54) is 6.07 Å². The number of benzene rings is 2. The van der Waals surface area contributed by atoms with Crippen LogP contribution < -0.4 is 14.8 Å². The highest BCUT2D eigenvalue weighted by Crippen LogP contribution is 2.39. The normalized spacial score (nSPS) is 19.0. The second kappa shape index (κ2) is 8.35. The summed E-state index contributed by atoms with van der Waals surface area (Å²) >= 11 is 5.64. The topological polar surface area (TPSA) is 50.8 Å². The predicted molar refractivity (Wildman–Crippen MR) is 106 cm³/mol. The Labute approximate surface area is 176 Å². The Kier molecular flexibility index (Phi) is 5.79. The fraction of sp³-hybridized carbons (Fsp3) is 0.381. The van der Waals surface area contributed by atoms with Crippen molar-refractivity contribution in [1.29, 1.82) is 0 Å². The number of carbonyl (C=O) groups excluding carboxylic acids is 1. The standard InChI is InChI=1S/C21H20ClF3N2O3/c22-16-6-5-14(10-15(16)21(23,24)25)26-20(28)11-27-8-2-1-3-17(27)13-4-7-18-19(9-13)30-12-29-18/h4-7,9-10,17H,1-3,8,11-12H2,(H,26,28). The van der Waals surface area contributed by atoms with Gasteiger partial charge in [-0.15, -0.1) is 0 Å². The number of likely N-dealkylation sites (tertiary alicyclic amines) is 1. The van der Waals surface area contributed by atoms with Crippen LogP contribution in [0.5, 0.6) is 11.5 Å². The lowest BCUT2D eigenvalue weighted by molar-refractivity contribution is -0.137. The number of piperidine rings is 1. The third-order valence-corrected chi connectivity index (χ3v) is 5.63. The van der Waals surface area contributed by atoms with Gasteiger partial charge in [0.2, 0.25) is 12.7 Å². The number of hydrogen-bond donors (Lipinski definition) is 1. The van der Waals surface area contributed by atoms with E-state index in [1.807, 2.05) is 23.1 Å². The molecule has 1 atom stereocenters. The van der Waals surface area contributed by atoms with Crippen LogP contribution in [0.4, 0.5) is 18.9 Å². The number of alkyl halides is 3. The summed E-state index contributed by atoms with van der Waals surface area (Å²) in [7, 11) is 0. The van der Waals surface area contributed by atoms with Crippen molar-refractivity contribution in [1.82, 2.24) is 4.90 Å². The van der Waals surface area contributed by atoms with Gasteiger partial charge in [0.15, 0.2) is 11.5 Å². The van der Waals surface area contributed by atoms with Crippen molar-refractivity contribution in [2.24, 2.45) is 0 Å². The molecule has 0 spiro atoms. The summed E-state index contributed by atoms with van der Waals surface area (Å²) in [6, 6.07) is 9.12. The molecule has 4 rings (SSSR count). The average Bonchev–Trinajstić information content (AvgIpc) is 3.17. The zero-order chi connectivity index (χ0) is 21.3. The number of carbonyl (C=O) groups is 1. The van der Waals surface area contributed by atoms with Crippen LogP contribution in [0.2, 0.25) is 5.02 Å². The molecule has 2 aliphatic heterocycles. The molecule has 1 amide bonds. The predicted octanol–water partition coefficient (Wildman–Crippen LogP) is 5.25. The van der Waals surface area contributed by atoms with E-state index in [0.717, 1.165) is 43.5 Å². The number of ether oxygens (including phenoxy) is 2. The highest BCUT2D eigenvalue weighted by atomic mass is 35.5. The first kappa shape index (κ1) is 20.8. The first-order valence-electron chi connectivity index (χ1n) is 9.61. The maximum Gasteiger partial charge on any atom is 0.417 e. The summed E-state index contributed by atoms with van der Waals surface area (Å²) in [5.74, 6) is 1.00. The molecule has 2 aromatic rings. The van der Waals surface area contributed by atoms with Crippen molar-refractivity contribution in [2.75, 3.05) is 25.2 Å². The van der Waals surface area contributed by atoms with Crippen molar-refractivity contribution in [3.05, 3.63) is 52.5 Å². The van der Waals surface area contributed by atoms with E-state index in [-0.39, 0.29) is 31.0 Å². The molecule has 0 aliphatic carbocycles. The molecule has 2 aromatic carbocycles. The first-order chi connectivity index (χ1) is 14.3. The Morgan fingerprint density at radius 2 is 1.93 bits per heavy atom. The Balaban J connectivity index is 1.46. The SMILES string of the molecule is O=C(CN1CCCCC1c1ccc2c(c1)OCO2)Nc1ccc(Cl)c(C(F)(F)F)c1. The largest absolute Gasteiger partial charge is 0.454 e. The van der Waals surface area contributed by atoms with Gasteiger partial charge >= 0.3 is 6.18 Å². The second-order valence-electron chi connectivity index (χ2n) is 7.34. The van der Waals surface area contributed by atoms with Gasteiger partial charge < -0.3 is 14.8 Å². The minimum atomic E-state index is -4.59. The van der Waals surface area contributed by atoms with Gasteiger partial charge in [-0.2, -0.15) is 13.2 Å². The average molecular weight is 441 g/mol. The van der Waals surface area contributed by atoms with E-state index >= 15 is 0 Å². The van der Waals surface area contributed by atoms with Gasteiger partial charge in [0.05, 0.1) is 17.1 Å². The highest BCUT2D eigenvalue weighted by Gasteiger charge is 2.33. The summed E-state index contributed by atoms with van der Waals surface area (Å²) in [5.41, 5.74) is 0.115. The monoisotopic (exact) mass is 440 g/mol. The lowest BCUT2D eigenvalue weighted by Gasteiger charge is -2.35. The van der Waals surface area contributed by atoms with Gasteiger partial charge in [0, 0.05) is 11.7 Å². The van der Waals surface area contributed by atoms with Crippen LogP contribution in [0.1, 0.15) is 36.4 Å². The summed E-state index contributed by atoms with van der Waals surface area (Å²) in [5, 5.41) is 2.16. The molecular weight excluding hydrogens is 421 g/mol. The molecule has 2 heterocycles. The lowest BCUT2D eigenvalue weighted by atomic mass is 9.95. The van der Waals surface area contributed by atoms with Crippen LogP contribution in [0.3, 0.4) is 0 Å². The molecule has 0 aromatic heterocycles. The van der Waals surface area contributed by atoms with E-state index in [1.54, 1.807) is 0 Å². The summed E-state index contributed by atoms with van der Waals surface area (Å²) in [6.07, 6.45) is -1.72. The lowest BCUT2D eigenvalue weighted by Crippen LogP contribution is -2.39. The Morgan fingerprint density at radius 3 is 2.73 bits per heavy atom. The number of hydrogen-bond acceptors (Lipinski definition) is 4. The van der Waals surface area contributed by atoms with Crippen molar-refractivity contribution in [3.63, 3.8) is 0 Å². The summed E-state index contributed by atoms with van der Waals surface area (Å²) in [6.45, 7) is 0.987. The van der Waals surface area contributed by atoms with Gasteiger partial charge in [-0.3, -0.25) is 9.69 Å². The van der Waals surface area contributed by atoms with Crippen LogP contribution >= 0.6 is 11.6 Å². The van der Waals surface area contributed by atoms with Gasteiger partial charge in [-0.1, -0.05) is 24.1 Å². The van der Waals surface area contributed by atoms with Gasteiger partial charge in [0.1, 0.15) is 0 Å². The molecule has 1 fully saturated rings.